The second-order valence-electron chi connectivity index (χ2n) is 3.66. The van der Waals surface area contributed by atoms with Crippen molar-refractivity contribution in [2.75, 3.05) is 25.5 Å². The number of carbonyl (C=O) groups excluding carboxylic acids is 1. The molecule has 0 aromatic heterocycles. The maximum absolute atomic E-state index is 11.8. The lowest BCUT2D eigenvalue weighted by atomic mass is 10.1. The first-order valence-electron chi connectivity index (χ1n) is 5.27. The second kappa shape index (κ2) is 8.33. The van der Waals surface area contributed by atoms with Crippen LogP contribution < -0.4 is 11.1 Å². The molecular weight excluding hydrogens is 364 g/mol. The molecule has 1 aromatic rings. The van der Waals surface area contributed by atoms with Gasteiger partial charge in [0.1, 0.15) is 6.61 Å². The second-order valence-corrected chi connectivity index (χ2v) is 4.57. The number of rotatable bonds is 5. The van der Waals surface area contributed by atoms with Gasteiger partial charge in [0.05, 0.1) is 12.2 Å². The minimum Gasteiger partial charge on any atom is -0.398 e. The lowest BCUT2D eigenvalue weighted by Crippen LogP contribution is -2.29. The number of nitrogens with one attached hydrogen (secondary N) is 1. The summed E-state index contributed by atoms with van der Waals surface area (Å²) in [4.78, 5) is 11.7. The van der Waals surface area contributed by atoms with Crippen LogP contribution >= 0.6 is 28.3 Å². The quantitative estimate of drug-likeness (QED) is 0.613. The summed E-state index contributed by atoms with van der Waals surface area (Å²) in [6.07, 6.45) is -4.36. The van der Waals surface area contributed by atoms with Gasteiger partial charge in [0.2, 0.25) is 0 Å². The standard InChI is InChI=1S/C11H12BrF3N2O2.ClH/c12-7-1-2-8(9(16)5-7)10(18)17-3-4-19-6-11(13,14)15;/h1-2,5H,3-4,6,16H2,(H,17,18);1H. The van der Waals surface area contributed by atoms with Gasteiger partial charge in [0.25, 0.3) is 5.91 Å². The van der Waals surface area contributed by atoms with E-state index in [9.17, 15) is 18.0 Å². The van der Waals surface area contributed by atoms with Crippen LogP contribution in [0.25, 0.3) is 0 Å². The van der Waals surface area contributed by atoms with Crippen LogP contribution in [0.2, 0.25) is 0 Å². The fourth-order valence-corrected chi connectivity index (χ4v) is 1.64. The highest BCUT2D eigenvalue weighted by atomic mass is 79.9. The van der Waals surface area contributed by atoms with E-state index in [1.165, 1.54) is 6.07 Å². The van der Waals surface area contributed by atoms with Crippen molar-refractivity contribution in [3.05, 3.63) is 28.2 Å². The molecular formula is C11H13BrClF3N2O2. The van der Waals surface area contributed by atoms with Gasteiger partial charge in [-0.2, -0.15) is 13.2 Å². The molecule has 0 saturated carbocycles. The first kappa shape index (κ1) is 19.0. The summed E-state index contributed by atoms with van der Waals surface area (Å²) >= 11 is 3.20. The van der Waals surface area contributed by atoms with Gasteiger partial charge in [-0.1, -0.05) is 15.9 Å². The Morgan fingerprint density at radius 2 is 2.05 bits per heavy atom. The topological polar surface area (TPSA) is 64.4 Å². The van der Waals surface area contributed by atoms with Gasteiger partial charge in [-0.05, 0) is 18.2 Å². The number of amides is 1. The molecule has 0 heterocycles. The predicted octanol–water partition coefficient (Wildman–Crippen LogP) is 2.76. The molecule has 20 heavy (non-hydrogen) atoms. The molecule has 9 heteroatoms. The van der Waals surface area contributed by atoms with Gasteiger partial charge >= 0.3 is 6.18 Å². The Bertz CT molecular complexity index is 458. The minimum absolute atomic E-state index is 0. The normalized spacial score (nSPS) is 10.8. The van der Waals surface area contributed by atoms with Crippen LogP contribution in [-0.4, -0.2) is 31.8 Å². The number of benzene rings is 1. The predicted molar refractivity (Wildman–Crippen MR) is 75.0 cm³/mol. The van der Waals surface area contributed by atoms with Crippen molar-refractivity contribution in [1.82, 2.24) is 5.32 Å². The van der Waals surface area contributed by atoms with E-state index in [2.05, 4.69) is 26.0 Å². The summed E-state index contributed by atoms with van der Waals surface area (Å²) in [5.41, 5.74) is 6.18. The fourth-order valence-electron chi connectivity index (χ4n) is 1.26. The van der Waals surface area contributed by atoms with Gasteiger partial charge in [-0.25, -0.2) is 0 Å². The number of halogens is 5. The van der Waals surface area contributed by atoms with E-state index in [-0.39, 0.29) is 36.8 Å². The lowest BCUT2D eigenvalue weighted by Gasteiger charge is -2.09. The third kappa shape index (κ3) is 6.97. The van der Waals surface area contributed by atoms with Crippen molar-refractivity contribution >= 4 is 39.9 Å². The first-order chi connectivity index (χ1) is 8.79. The summed E-state index contributed by atoms with van der Waals surface area (Å²) in [6.45, 7) is -1.57. The number of nitrogens with two attached hydrogens (primary N) is 1. The molecule has 114 valence electrons. The first-order valence-corrected chi connectivity index (χ1v) is 6.06. The SMILES string of the molecule is Cl.Nc1cc(Br)ccc1C(=O)NCCOCC(F)(F)F. The zero-order chi connectivity index (χ0) is 14.5. The Kier molecular flexibility index (Phi) is 7.92. The Morgan fingerprint density at radius 1 is 1.40 bits per heavy atom. The van der Waals surface area contributed by atoms with E-state index < -0.39 is 18.7 Å². The number of anilines is 1. The minimum atomic E-state index is -4.36. The Morgan fingerprint density at radius 3 is 2.60 bits per heavy atom. The maximum atomic E-state index is 11.8. The molecule has 4 nitrogen and oxygen atoms in total. The highest BCUT2D eigenvalue weighted by Crippen LogP contribution is 2.18. The molecule has 1 rings (SSSR count). The van der Waals surface area contributed by atoms with Crippen LogP contribution in [0, 0.1) is 0 Å². The van der Waals surface area contributed by atoms with Crippen LogP contribution in [0.3, 0.4) is 0 Å². The van der Waals surface area contributed by atoms with Gasteiger partial charge in [-0.3, -0.25) is 4.79 Å². The lowest BCUT2D eigenvalue weighted by molar-refractivity contribution is -0.173. The van der Waals surface area contributed by atoms with Crippen molar-refractivity contribution in [2.24, 2.45) is 0 Å². The zero-order valence-electron chi connectivity index (χ0n) is 10.2. The zero-order valence-corrected chi connectivity index (χ0v) is 12.6. The van der Waals surface area contributed by atoms with E-state index >= 15 is 0 Å². The summed E-state index contributed by atoms with van der Waals surface area (Å²) in [6, 6.07) is 4.73. The summed E-state index contributed by atoms with van der Waals surface area (Å²) in [7, 11) is 0. The number of hydrogen-bond acceptors (Lipinski definition) is 3. The van der Waals surface area contributed by atoms with Crippen LogP contribution in [0.15, 0.2) is 22.7 Å². The van der Waals surface area contributed by atoms with E-state index in [1.54, 1.807) is 12.1 Å². The fraction of sp³-hybridized carbons (Fsp3) is 0.364. The average Bonchev–Trinajstić information content (AvgIpc) is 2.26. The van der Waals surface area contributed by atoms with Crippen molar-refractivity contribution in [3.8, 4) is 0 Å². The molecule has 1 amide bonds. The molecule has 0 fully saturated rings. The van der Waals surface area contributed by atoms with Crippen LogP contribution in [-0.2, 0) is 4.74 Å². The number of carbonyl (C=O) groups is 1. The van der Waals surface area contributed by atoms with Gasteiger partial charge in [-0.15, -0.1) is 12.4 Å². The average molecular weight is 378 g/mol. The number of alkyl halides is 3. The number of ether oxygens (including phenoxy) is 1. The molecule has 0 radical (unpaired) electrons. The van der Waals surface area contributed by atoms with Gasteiger partial charge < -0.3 is 15.8 Å². The van der Waals surface area contributed by atoms with Crippen LogP contribution in [0.1, 0.15) is 10.4 Å². The summed E-state index contributed by atoms with van der Waals surface area (Å²) in [5, 5.41) is 2.42. The Hall–Kier alpha value is -0.990. The van der Waals surface area contributed by atoms with Crippen molar-refractivity contribution in [1.29, 1.82) is 0 Å². The molecule has 0 aliphatic rings. The molecule has 1 aromatic carbocycles. The van der Waals surface area contributed by atoms with Crippen LogP contribution in [0.4, 0.5) is 18.9 Å². The van der Waals surface area contributed by atoms with Gasteiger partial charge in [0.15, 0.2) is 0 Å². The van der Waals surface area contributed by atoms with Crippen molar-refractivity contribution in [3.63, 3.8) is 0 Å². The molecule has 0 unspecified atom stereocenters. The number of nitrogen functional groups attached to an aromatic ring is 1. The Balaban J connectivity index is 0.00000361. The van der Waals surface area contributed by atoms with Gasteiger partial charge in [0, 0.05) is 16.7 Å². The molecule has 0 aliphatic carbocycles. The highest BCUT2D eigenvalue weighted by molar-refractivity contribution is 9.10. The maximum Gasteiger partial charge on any atom is 0.411 e. The highest BCUT2D eigenvalue weighted by Gasteiger charge is 2.27. The van der Waals surface area contributed by atoms with Crippen molar-refractivity contribution in [2.45, 2.75) is 6.18 Å². The van der Waals surface area contributed by atoms with E-state index in [4.69, 9.17) is 5.73 Å². The van der Waals surface area contributed by atoms with Crippen molar-refractivity contribution < 1.29 is 22.7 Å². The molecule has 0 aliphatic heterocycles. The molecule has 0 bridgehead atoms. The van der Waals surface area contributed by atoms with E-state index in [0.29, 0.717) is 0 Å². The van der Waals surface area contributed by atoms with E-state index in [0.717, 1.165) is 4.47 Å². The van der Waals surface area contributed by atoms with E-state index in [1.807, 2.05) is 0 Å². The Labute approximate surface area is 128 Å². The summed E-state index contributed by atoms with van der Waals surface area (Å²) < 4.78 is 40.4. The van der Waals surface area contributed by atoms with Crippen LogP contribution in [0.5, 0.6) is 0 Å². The molecule has 3 N–H and O–H groups in total. The smallest absolute Gasteiger partial charge is 0.398 e. The third-order valence-corrected chi connectivity index (χ3v) is 2.55. The monoisotopic (exact) mass is 376 g/mol. The third-order valence-electron chi connectivity index (χ3n) is 2.06. The summed E-state index contributed by atoms with van der Waals surface area (Å²) in [5.74, 6) is -0.458. The molecule has 0 spiro atoms. The molecule has 0 atom stereocenters. The largest absolute Gasteiger partial charge is 0.411 e. The molecule has 0 saturated heterocycles. The number of hydrogen-bond donors (Lipinski definition) is 2.